The Hall–Kier alpha value is 1.43. The fourth-order valence-corrected chi connectivity index (χ4v) is 6.37. The Balaban J connectivity index is 2.29. The molecule has 1 aliphatic heterocycles. The van der Waals surface area contributed by atoms with Crippen LogP contribution >= 0.6 is 46.1 Å². The highest BCUT2D eigenvalue weighted by atomic mass is 127. The Morgan fingerprint density at radius 2 is 1.59 bits per heavy atom. The summed E-state index contributed by atoms with van der Waals surface area (Å²) in [5.74, 6) is 2.82. The molecule has 0 atom stereocenters. The average molecular weight is 386 g/mol. The fourth-order valence-electron chi connectivity index (χ4n) is 2.34. The van der Waals surface area contributed by atoms with Gasteiger partial charge in [0.15, 0.2) is 0 Å². The van der Waals surface area contributed by atoms with Crippen LogP contribution in [-0.4, -0.2) is 20.0 Å². The van der Waals surface area contributed by atoms with Gasteiger partial charge < -0.3 is 0 Å². The molecule has 0 radical (unpaired) electrons. The number of unbranched alkanes of at least 4 members (excludes halogenated alkanes) is 4. The van der Waals surface area contributed by atoms with Crippen LogP contribution in [0, 0.1) is 0 Å². The van der Waals surface area contributed by atoms with Crippen molar-refractivity contribution >= 4 is 46.1 Å². The van der Waals surface area contributed by atoms with Crippen molar-refractivity contribution in [2.75, 3.05) is 15.9 Å². The van der Waals surface area contributed by atoms with Gasteiger partial charge in [-0.3, -0.25) is 0 Å². The second-order valence-corrected chi connectivity index (χ2v) is 9.21. The lowest BCUT2D eigenvalue weighted by molar-refractivity contribution is 0.558. The van der Waals surface area contributed by atoms with E-state index in [-0.39, 0.29) is 0 Å². The number of hydrogen-bond donors (Lipinski definition) is 0. The summed E-state index contributed by atoms with van der Waals surface area (Å²) in [6.07, 6.45) is 12.9. The molecule has 1 aliphatic rings. The third-order valence-corrected chi connectivity index (χ3v) is 7.70. The monoisotopic (exact) mass is 386 g/mol. The Bertz CT molecular complexity index is 179. The molecule has 0 amide bonds. The van der Waals surface area contributed by atoms with Crippen LogP contribution in [0.3, 0.4) is 0 Å². The van der Waals surface area contributed by atoms with Crippen LogP contribution in [0.1, 0.15) is 64.7 Å². The first-order valence-electron chi connectivity index (χ1n) is 7.17. The van der Waals surface area contributed by atoms with Gasteiger partial charge >= 0.3 is 0 Å². The van der Waals surface area contributed by atoms with E-state index in [4.69, 9.17) is 0 Å². The van der Waals surface area contributed by atoms with Crippen molar-refractivity contribution in [1.29, 1.82) is 0 Å². The highest BCUT2D eigenvalue weighted by Crippen LogP contribution is 2.49. The van der Waals surface area contributed by atoms with Crippen LogP contribution in [0.4, 0.5) is 0 Å². The minimum atomic E-state index is 0.609. The van der Waals surface area contributed by atoms with Gasteiger partial charge in [0.05, 0.1) is 4.08 Å². The molecule has 1 rings (SSSR count). The van der Waals surface area contributed by atoms with Crippen LogP contribution in [0.5, 0.6) is 0 Å². The van der Waals surface area contributed by atoms with E-state index in [1.807, 2.05) is 0 Å². The Morgan fingerprint density at radius 1 is 0.941 bits per heavy atom. The van der Waals surface area contributed by atoms with Crippen LogP contribution < -0.4 is 0 Å². The molecule has 0 aromatic carbocycles. The van der Waals surface area contributed by atoms with E-state index in [0.717, 1.165) is 0 Å². The van der Waals surface area contributed by atoms with Crippen LogP contribution in [0.2, 0.25) is 0 Å². The quantitative estimate of drug-likeness (QED) is 0.266. The van der Waals surface area contributed by atoms with E-state index >= 15 is 0 Å². The normalized spacial score (nSPS) is 19.4. The van der Waals surface area contributed by atoms with Crippen molar-refractivity contribution in [3.8, 4) is 0 Å². The summed E-state index contributed by atoms with van der Waals surface area (Å²) in [5.41, 5.74) is 0. The topological polar surface area (TPSA) is 0 Å². The van der Waals surface area contributed by atoms with E-state index < -0.39 is 0 Å². The Kier molecular flexibility index (Phi) is 9.93. The molecule has 0 spiro atoms. The lowest BCUT2D eigenvalue weighted by Gasteiger charge is -2.36. The van der Waals surface area contributed by atoms with Crippen LogP contribution in [-0.2, 0) is 0 Å². The molecule has 0 saturated carbocycles. The Labute approximate surface area is 130 Å². The minimum absolute atomic E-state index is 0.609. The first kappa shape index (κ1) is 16.5. The SMILES string of the molecule is CCCCCCC1(CCCCI)SCCCS1. The molecular weight excluding hydrogens is 359 g/mol. The predicted molar refractivity (Wildman–Crippen MR) is 93.8 cm³/mol. The predicted octanol–water partition coefficient (Wildman–Crippen LogP) is 6.13. The van der Waals surface area contributed by atoms with Crippen molar-refractivity contribution in [3.05, 3.63) is 0 Å². The van der Waals surface area contributed by atoms with Crippen molar-refractivity contribution in [1.82, 2.24) is 0 Å². The number of halogens is 1. The van der Waals surface area contributed by atoms with E-state index in [0.29, 0.717) is 4.08 Å². The van der Waals surface area contributed by atoms with Crippen molar-refractivity contribution < 1.29 is 0 Å². The lowest BCUT2D eigenvalue weighted by atomic mass is 10.1. The summed E-state index contributed by atoms with van der Waals surface area (Å²) < 4.78 is 1.94. The smallest absolute Gasteiger partial charge is 0.0611 e. The standard InChI is InChI=1S/C14H27IS2/c1-2-3-4-5-9-14(10-6-7-11-15)16-12-8-13-17-14/h2-13H2,1H3. The first-order chi connectivity index (χ1) is 8.33. The van der Waals surface area contributed by atoms with Gasteiger partial charge in [0.1, 0.15) is 0 Å². The molecule has 0 aromatic heterocycles. The zero-order valence-electron chi connectivity index (χ0n) is 11.2. The van der Waals surface area contributed by atoms with E-state index in [9.17, 15) is 0 Å². The van der Waals surface area contributed by atoms with Gasteiger partial charge in [-0.25, -0.2) is 0 Å². The summed E-state index contributed by atoms with van der Waals surface area (Å²) in [5, 5.41) is 0. The lowest BCUT2D eigenvalue weighted by Crippen LogP contribution is -2.25. The van der Waals surface area contributed by atoms with Gasteiger partial charge in [-0.15, -0.1) is 23.5 Å². The van der Waals surface area contributed by atoms with Gasteiger partial charge in [-0.2, -0.15) is 0 Å². The highest BCUT2D eigenvalue weighted by Gasteiger charge is 2.32. The molecule has 17 heavy (non-hydrogen) atoms. The maximum atomic E-state index is 2.51. The Morgan fingerprint density at radius 3 is 2.18 bits per heavy atom. The molecule has 0 aliphatic carbocycles. The van der Waals surface area contributed by atoms with E-state index in [1.54, 1.807) is 0 Å². The van der Waals surface area contributed by atoms with Crippen LogP contribution in [0.25, 0.3) is 0 Å². The van der Waals surface area contributed by atoms with Gasteiger partial charge in [0.25, 0.3) is 0 Å². The molecule has 0 aromatic rings. The molecule has 102 valence electrons. The third kappa shape index (κ3) is 6.95. The number of alkyl halides is 1. The van der Waals surface area contributed by atoms with Crippen LogP contribution in [0.15, 0.2) is 0 Å². The third-order valence-electron chi connectivity index (χ3n) is 3.37. The van der Waals surface area contributed by atoms with E-state index in [1.165, 1.54) is 73.7 Å². The summed E-state index contributed by atoms with van der Waals surface area (Å²) in [4.78, 5) is 0. The van der Waals surface area contributed by atoms with Gasteiger partial charge in [-0.1, -0.05) is 61.6 Å². The molecule has 0 N–H and O–H groups in total. The second kappa shape index (κ2) is 10.2. The average Bonchev–Trinajstić information content (AvgIpc) is 2.36. The summed E-state index contributed by atoms with van der Waals surface area (Å²) >= 11 is 7.07. The van der Waals surface area contributed by atoms with Gasteiger partial charge in [0, 0.05) is 0 Å². The number of hydrogen-bond acceptors (Lipinski definition) is 2. The molecule has 1 fully saturated rings. The summed E-state index contributed by atoms with van der Waals surface area (Å²) in [7, 11) is 0. The number of rotatable bonds is 9. The molecule has 0 bridgehead atoms. The van der Waals surface area contributed by atoms with E-state index in [2.05, 4.69) is 53.0 Å². The maximum Gasteiger partial charge on any atom is 0.0611 e. The molecule has 1 heterocycles. The largest absolute Gasteiger partial charge is 0.144 e. The van der Waals surface area contributed by atoms with Gasteiger partial charge in [-0.05, 0) is 41.6 Å². The summed E-state index contributed by atoms with van der Waals surface area (Å²) in [6.45, 7) is 2.31. The first-order valence-corrected chi connectivity index (χ1v) is 10.7. The zero-order chi connectivity index (χ0) is 12.4. The fraction of sp³-hybridized carbons (Fsp3) is 1.00. The zero-order valence-corrected chi connectivity index (χ0v) is 15.0. The summed E-state index contributed by atoms with van der Waals surface area (Å²) in [6, 6.07) is 0. The molecular formula is C14H27IS2. The highest BCUT2D eigenvalue weighted by molar-refractivity contribution is 14.1. The molecule has 0 unspecified atom stereocenters. The second-order valence-electron chi connectivity index (χ2n) is 4.92. The van der Waals surface area contributed by atoms with Crippen molar-refractivity contribution in [3.63, 3.8) is 0 Å². The van der Waals surface area contributed by atoms with Crippen molar-refractivity contribution in [2.45, 2.75) is 68.8 Å². The molecule has 1 saturated heterocycles. The molecule has 0 nitrogen and oxygen atoms in total. The molecule has 3 heteroatoms. The maximum absolute atomic E-state index is 2.51. The number of thioether (sulfide) groups is 2. The minimum Gasteiger partial charge on any atom is -0.144 e. The van der Waals surface area contributed by atoms with Gasteiger partial charge in [0.2, 0.25) is 0 Å². The van der Waals surface area contributed by atoms with Crippen molar-refractivity contribution in [2.24, 2.45) is 0 Å².